The van der Waals surface area contributed by atoms with E-state index in [1.54, 1.807) is 28.6 Å². The molecule has 0 saturated carbocycles. The molecule has 1 aromatic carbocycles. The van der Waals surface area contributed by atoms with Crippen LogP contribution >= 0.6 is 0 Å². The largest absolute Gasteiger partial charge is 0.353 e. The van der Waals surface area contributed by atoms with Gasteiger partial charge in [0.25, 0.3) is 0 Å². The lowest BCUT2D eigenvalue weighted by Gasteiger charge is -2.35. The molecule has 0 spiro atoms. The summed E-state index contributed by atoms with van der Waals surface area (Å²) in [7, 11) is 0. The van der Waals surface area contributed by atoms with Crippen molar-refractivity contribution < 1.29 is 9.18 Å². The Morgan fingerprint density at radius 2 is 1.77 bits per heavy atom. The summed E-state index contributed by atoms with van der Waals surface area (Å²) in [6.07, 6.45) is 1.53. The smallest absolute Gasteiger partial charge is 0.321 e. The zero-order chi connectivity index (χ0) is 21.3. The Balaban J connectivity index is 1.41. The van der Waals surface area contributed by atoms with Gasteiger partial charge in [-0.05, 0) is 39.0 Å². The van der Waals surface area contributed by atoms with Gasteiger partial charge in [-0.2, -0.15) is 5.10 Å². The number of halogens is 1. The van der Waals surface area contributed by atoms with Crippen molar-refractivity contribution in [2.24, 2.45) is 0 Å². The van der Waals surface area contributed by atoms with Crippen molar-refractivity contribution in [2.45, 2.75) is 20.8 Å². The van der Waals surface area contributed by atoms with Gasteiger partial charge in [-0.3, -0.25) is 0 Å². The molecule has 3 heterocycles. The van der Waals surface area contributed by atoms with Gasteiger partial charge in [0.2, 0.25) is 0 Å². The Hall–Kier alpha value is -3.49. The normalized spacial score (nSPS) is 14.1. The fraction of sp³-hybridized carbons (Fsp3) is 0.333. The molecule has 1 aliphatic rings. The summed E-state index contributed by atoms with van der Waals surface area (Å²) in [6.45, 7) is 7.95. The number of urea groups is 1. The van der Waals surface area contributed by atoms with Crippen molar-refractivity contribution in [1.29, 1.82) is 0 Å². The van der Waals surface area contributed by atoms with Gasteiger partial charge >= 0.3 is 6.03 Å². The molecule has 2 aromatic heterocycles. The lowest BCUT2D eigenvalue weighted by Crippen LogP contribution is -2.50. The molecule has 0 aliphatic carbocycles. The highest BCUT2D eigenvalue weighted by Gasteiger charge is 2.23. The van der Waals surface area contributed by atoms with Gasteiger partial charge in [0.15, 0.2) is 5.82 Å². The predicted molar refractivity (Wildman–Crippen MR) is 113 cm³/mol. The summed E-state index contributed by atoms with van der Waals surface area (Å²) in [5.74, 6) is 1.18. The number of amides is 2. The third kappa shape index (κ3) is 3.96. The molecule has 9 heteroatoms. The summed E-state index contributed by atoms with van der Waals surface area (Å²) in [4.78, 5) is 25.2. The first kappa shape index (κ1) is 19.8. The average Bonchev–Trinajstić information content (AvgIpc) is 3.09. The number of benzene rings is 1. The number of hydrogen-bond acceptors (Lipinski definition) is 5. The van der Waals surface area contributed by atoms with Crippen LogP contribution in [-0.2, 0) is 0 Å². The summed E-state index contributed by atoms with van der Waals surface area (Å²) in [5.41, 5.74) is 2.86. The van der Waals surface area contributed by atoms with Gasteiger partial charge in [-0.15, -0.1) is 0 Å². The lowest BCUT2D eigenvalue weighted by molar-refractivity contribution is 0.208. The van der Waals surface area contributed by atoms with E-state index in [1.165, 1.54) is 12.4 Å². The number of aromatic nitrogens is 4. The number of rotatable bonds is 3. The molecule has 0 atom stereocenters. The SMILES string of the molecule is Cc1cc(C)n(-c2cc(N3CCN(C(=O)Nc4cccc(F)c4C)CC3)ncn2)n1. The van der Waals surface area contributed by atoms with E-state index < -0.39 is 0 Å². The first-order chi connectivity index (χ1) is 14.4. The van der Waals surface area contributed by atoms with E-state index >= 15 is 0 Å². The van der Waals surface area contributed by atoms with Crippen LogP contribution in [0.15, 0.2) is 36.7 Å². The zero-order valence-corrected chi connectivity index (χ0v) is 17.3. The van der Waals surface area contributed by atoms with Crippen molar-refractivity contribution in [3.63, 3.8) is 0 Å². The molecular formula is C21H24FN7O. The second-order valence-electron chi connectivity index (χ2n) is 7.39. The van der Waals surface area contributed by atoms with E-state index in [0.29, 0.717) is 43.2 Å². The molecule has 1 aliphatic heterocycles. The molecule has 0 radical (unpaired) electrons. The fourth-order valence-corrected chi connectivity index (χ4v) is 3.56. The van der Waals surface area contributed by atoms with Crippen LogP contribution in [0.5, 0.6) is 0 Å². The number of nitrogens with one attached hydrogen (secondary N) is 1. The van der Waals surface area contributed by atoms with E-state index in [2.05, 4.69) is 25.3 Å². The van der Waals surface area contributed by atoms with E-state index in [1.807, 2.05) is 26.0 Å². The van der Waals surface area contributed by atoms with Crippen LogP contribution in [-0.4, -0.2) is 56.9 Å². The monoisotopic (exact) mass is 409 g/mol. The van der Waals surface area contributed by atoms with Crippen molar-refractivity contribution in [3.05, 3.63) is 59.4 Å². The van der Waals surface area contributed by atoms with Crippen LogP contribution in [0.25, 0.3) is 5.82 Å². The molecular weight excluding hydrogens is 385 g/mol. The molecule has 156 valence electrons. The minimum atomic E-state index is -0.334. The van der Waals surface area contributed by atoms with Gasteiger partial charge in [0, 0.05) is 49.2 Å². The van der Waals surface area contributed by atoms with E-state index in [-0.39, 0.29) is 11.8 Å². The Bertz CT molecular complexity index is 1070. The van der Waals surface area contributed by atoms with Crippen molar-refractivity contribution >= 4 is 17.5 Å². The minimum Gasteiger partial charge on any atom is -0.353 e. The maximum absolute atomic E-state index is 13.7. The topological polar surface area (TPSA) is 79.2 Å². The van der Waals surface area contributed by atoms with Gasteiger partial charge in [-0.25, -0.2) is 23.8 Å². The van der Waals surface area contributed by atoms with Gasteiger partial charge < -0.3 is 15.1 Å². The van der Waals surface area contributed by atoms with Crippen LogP contribution in [0.3, 0.4) is 0 Å². The second-order valence-corrected chi connectivity index (χ2v) is 7.39. The number of carbonyl (C=O) groups excluding carboxylic acids is 1. The molecule has 30 heavy (non-hydrogen) atoms. The molecule has 4 rings (SSSR count). The second kappa shape index (κ2) is 8.10. The van der Waals surface area contributed by atoms with E-state index in [9.17, 15) is 9.18 Å². The van der Waals surface area contributed by atoms with E-state index in [0.717, 1.165) is 17.2 Å². The number of carbonyl (C=O) groups is 1. The highest BCUT2D eigenvalue weighted by molar-refractivity contribution is 5.90. The number of anilines is 2. The molecule has 1 N–H and O–H groups in total. The Kier molecular flexibility index (Phi) is 5.35. The van der Waals surface area contributed by atoms with E-state index in [4.69, 9.17) is 0 Å². The molecule has 0 unspecified atom stereocenters. The van der Waals surface area contributed by atoms with Crippen LogP contribution in [0, 0.1) is 26.6 Å². The summed E-state index contributed by atoms with van der Waals surface area (Å²) in [5, 5.41) is 7.28. The molecule has 8 nitrogen and oxygen atoms in total. The number of aryl methyl sites for hydroxylation is 2. The Morgan fingerprint density at radius 1 is 1.03 bits per heavy atom. The lowest BCUT2D eigenvalue weighted by atomic mass is 10.2. The number of nitrogens with zero attached hydrogens (tertiary/aromatic N) is 6. The first-order valence-electron chi connectivity index (χ1n) is 9.84. The molecule has 0 bridgehead atoms. The third-order valence-electron chi connectivity index (χ3n) is 5.26. The quantitative estimate of drug-likeness (QED) is 0.719. The van der Waals surface area contributed by atoms with Crippen LogP contribution < -0.4 is 10.2 Å². The summed E-state index contributed by atoms with van der Waals surface area (Å²) < 4.78 is 15.5. The molecule has 1 fully saturated rings. The molecule has 3 aromatic rings. The number of piperazine rings is 1. The van der Waals surface area contributed by atoms with Gasteiger partial charge in [-0.1, -0.05) is 6.07 Å². The highest BCUT2D eigenvalue weighted by Crippen LogP contribution is 2.20. The predicted octanol–water partition coefficient (Wildman–Crippen LogP) is 3.08. The molecule has 2 amide bonds. The van der Waals surface area contributed by atoms with Gasteiger partial charge in [0.1, 0.15) is 18.0 Å². The van der Waals surface area contributed by atoms with Crippen molar-refractivity contribution in [1.82, 2.24) is 24.6 Å². The Morgan fingerprint density at radius 3 is 2.47 bits per heavy atom. The van der Waals surface area contributed by atoms with Crippen LogP contribution in [0.4, 0.5) is 20.7 Å². The van der Waals surface area contributed by atoms with Crippen LogP contribution in [0.2, 0.25) is 0 Å². The minimum absolute atomic E-state index is 0.227. The highest BCUT2D eigenvalue weighted by atomic mass is 19.1. The zero-order valence-electron chi connectivity index (χ0n) is 17.3. The number of hydrogen-bond donors (Lipinski definition) is 1. The average molecular weight is 409 g/mol. The summed E-state index contributed by atoms with van der Waals surface area (Å²) in [6, 6.07) is 8.35. The van der Waals surface area contributed by atoms with Crippen molar-refractivity contribution in [2.75, 3.05) is 36.4 Å². The van der Waals surface area contributed by atoms with Crippen LogP contribution in [0.1, 0.15) is 17.0 Å². The van der Waals surface area contributed by atoms with Crippen molar-refractivity contribution in [3.8, 4) is 5.82 Å². The summed E-state index contributed by atoms with van der Waals surface area (Å²) >= 11 is 0. The fourth-order valence-electron chi connectivity index (χ4n) is 3.56. The first-order valence-corrected chi connectivity index (χ1v) is 9.84. The van der Waals surface area contributed by atoms with Gasteiger partial charge in [0.05, 0.1) is 5.69 Å². The standard InChI is InChI=1S/C21H24FN7O/c1-14-11-15(2)29(26-14)20-12-19(23-13-24-20)27-7-9-28(10-8-27)21(30)25-18-6-4-5-17(22)16(18)3/h4-6,11-13H,7-10H2,1-3H3,(H,25,30). The third-order valence-corrected chi connectivity index (χ3v) is 5.26. The Labute approximate surface area is 174 Å². The maximum atomic E-state index is 13.7. The maximum Gasteiger partial charge on any atom is 0.321 e. The molecule has 1 saturated heterocycles.